The number of thiophene rings is 1. The van der Waals surface area contributed by atoms with Crippen LogP contribution in [0.3, 0.4) is 0 Å². The van der Waals surface area contributed by atoms with Gasteiger partial charge in [-0.1, -0.05) is 50.2 Å². The van der Waals surface area contributed by atoms with Crippen molar-refractivity contribution in [1.82, 2.24) is 10.7 Å². The van der Waals surface area contributed by atoms with Crippen LogP contribution in [0.15, 0.2) is 59.0 Å². The Morgan fingerprint density at radius 3 is 2.60 bits per heavy atom. The molecule has 6 heteroatoms. The van der Waals surface area contributed by atoms with Crippen LogP contribution in [0.1, 0.15) is 31.2 Å². The second-order valence-corrected chi connectivity index (χ2v) is 7.09. The highest BCUT2D eigenvalue weighted by Gasteiger charge is 2.23. The second-order valence-electron chi connectivity index (χ2n) is 6.15. The molecule has 0 bridgehead atoms. The lowest BCUT2D eigenvalue weighted by Crippen LogP contribution is -3.00. The molecule has 0 saturated heterocycles. The summed E-state index contributed by atoms with van der Waals surface area (Å²) in [6, 6.07) is 14.6. The molecule has 0 spiro atoms. The molecule has 0 aliphatic carbocycles. The van der Waals surface area contributed by atoms with Crippen LogP contribution in [0, 0.1) is 5.92 Å². The summed E-state index contributed by atoms with van der Waals surface area (Å²) >= 11 is 1.73. The molecule has 0 radical (unpaired) electrons. The van der Waals surface area contributed by atoms with E-state index in [1.54, 1.807) is 11.3 Å². The van der Waals surface area contributed by atoms with Gasteiger partial charge in [0.15, 0.2) is 0 Å². The van der Waals surface area contributed by atoms with E-state index < -0.39 is 0 Å². The van der Waals surface area contributed by atoms with Crippen molar-refractivity contribution in [1.29, 1.82) is 0 Å². The molecule has 1 unspecified atom stereocenters. The first-order chi connectivity index (χ1) is 11.6. The quantitative estimate of drug-likeness (QED) is 0.483. The Balaban J connectivity index is 0.00000225. The Morgan fingerprint density at radius 2 is 1.96 bits per heavy atom. The fourth-order valence-electron chi connectivity index (χ4n) is 2.48. The summed E-state index contributed by atoms with van der Waals surface area (Å²) in [5.41, 5.74) is 6.32. The van der Waals surface area contributed by atoms with Crippen molar-refractivity contribution in [3.05, 3.63) is 64.4 Å². The summed E-state index contributed by atoms with van der Waals surface area (Å²) in [4.78, 5) is 4.69. The van der Waals surface area contributed by atoms with Gasteiger partial charge in [-0.3, -0.25) is 4.99 Å². The zero-order valence-corrected chi connectivity index (χ0v) is 16.2. The Hall–Kier alpha value is -2.11. The number of guanidine groups is 1. The third-order valence-corrected chi connectivity index (χ3v) is 4.85. The van der Waals surface area contributed by atoms with Crippen LogP contribution in [0.5, 0.6) is 0 Å². The van der Waals surface area contributed by atoms with Crippen LogP contribution < -0.4 is 28.1 Å². The topological polar surface area (TPSA) is 50.4 Å². The van der Waals surface area contributed by atoms with Crippen LogP contribution in [0.4, 0.5) is 0 Å². The van der Waals surface area contributed by atoms with Crippen molar-refractivity contribution >= 4 is 28.7 Å². The van der Waals surface area contributed by atoms with E-state index in [2.05, 4.69) is 70.4 Å². The van der Waals surface area contributed by atoms with Gasteiger partial charge in [-0.05, 0) is 35.9 Å². The Morgan fingerprint density at radius 1 is 1.20 bits per heavy atom. The summed E-state index contributed by atoms with van der Waals surface area (Å²) in [5.74, 6) is 1.30. The van der Waals surface area contributed by atoms with E-state index in [4.69, 9.17) is 0 Å². The molecule has 0 amide bonds. The number of hydrazone groups is 1. The van der Waals surface area contributed by atoms with E-state index in [1.165, 1.54) is 4.88 Å². The maximum absolute atomic E-state index is 4.51. The van der Waals surface area contributed by atoms with E-state index in [-0.39, 0.29) is 18.4 Å². The van der Waals surface area contributed by atoms with E-state index in [0.717, 1.165) is 22.9 Å². The fourth-order valence-corrected chi connectivity index (χ4v) is 3.19. The number of nitrogens with zero attached hydrogens (tertiary/aromatic N) is 1. The van der Waals surface area contributed by atoms with Crippen molar-refractivity contribution < 1.29 is 17.4 Å². The van der Waals surface area contributed by atoms with Crippen LogP contribution in [0.2, 0.25) is 0 Å². The molecule has 2 aromatic rings. The first kappa shape index (κ1) is 19.2. The van der Waals surface area contributed by atoms with Crippen molar-refractivity contribution in [2.45, 2.75) is 26.8 Å². The van der Waals surface area contributed by atoms with Crippen LogP contribution in [0.25, 0.3) is 5.70 Å². The highest BCUT2D eigenvalue weighted by molar-refractivity contribution is 7.11. The van der Waals surface area contributed by atoms with E-state index >= 15 is 0 Å². The average Bonchev–Trinajstić information content (AvgIpc) is 3.15. The minimum absolute atomic E-state index is 0. The molecular formula is C19H23ClN4S. The molecule has 3 N–H and O–H groups in total. The number of nitrogens with one attached hydrogen (secondary N) is 3. The molecule has 25 heavy (non-hydrogen) atoms. The Kier molecular flexibility index (Phi) is 6.79. The number of benzene rings is 1. The molecule has 1 aromatic carbocycles. The highest BCUT2D eigenvalue weighted by Crippen LogP contribution is 2.19. The van der Waals surface area contributed by atoms with Crippen LogP contribution in [-0.4, -0.2) is 17.7 Å². The van der Waals surface area contributed by atoms with Gasteiger partial charge in [0.2, 0.25) is 0 Å². The van der Waals surface area contributed by atoms with E-state index in [9.17, 15) is 0 Å². The molecule has 132 valence electrons. The monoisotopic (exact) mass is 374 g/mol. The summed E-state index contributed by atoms with van der Waals surface area (Å²) in [7, 11) is 0. The minimum Gasteiger partial charge on any atom is -1.00 e. The van der Waals surface area contributed by atoms with Crippen LogP contribution >= 0.6 is 11.3 Å². The normalized spacial score (nSPS) is 17.3. The molecule has 1 aliphatic heterocycles. The molecule has 1 aromatic heterocycles. The van der Waals surface area contributed by atoms with Gasteiger partial charge in [0.1, 0.15) is 5.70 Å². The molecule has 0 fully saturated rings. The predicted octanol–water partition coefficient (Wildman–Crippen LogP) is -0.829. The maximum Gasteiger partial charge on any atom is 0.372 e. The van der Waals surface area contributed by atoms with Gasteiger partial charge in [0.25, 0.3) is 0 Å². The van der Waals surface area contributed by atoms with E-state index in [1.807, 2.05) is 25.1 Å². The Bertz CT molecular complexity index is 764. The third kappa shape index (κ3) is 4.94. The summed E-state index contributed by atoms with van der Waals surface area (Å²) in [5, 5.41) is 10.0. The zero-order valence-electron chi connectivity index (χ0n) is 14.6. The molecule has 1 aliphatic rings. The van der Waals surface area contributed by atoms with Gasteiger partial charge in [0, 0.05) is 0 Å². The maximum atomic E-state index is 4.51. The first-order valence-electron chi connectivity index (χ1n) is 8.15. The van der Waals surface area contributed by atoms with Gasteiger partial charge in [-0.15, -0.1) is 16.4 Å². The van der Waals surface area contributed by atoms with E-state index in [0.29, 0.717) is 5.92 Å². The molecular weight excluding hydrogens is 352 g/mol. The number of rotatable bonds is 4. The first-order valence-corrected chi connectivity index (χ1v) is 9.03. The van der Waals surface area contributed by atoms with Crippen molar-refractivity contribution in [2.24, 2.45) is 11.0 Å². The zero-order chi connectivity index (χ0) is 16.9. The lowest BCUT2D eigenvalue weighted by Gasteiger charge is -2.19. The fraction of sp³-hybridized carbons (Fsp3) is 0.263. The van der Waals surface area contributed by atoms with Crippen molar-refractivity contribution in [2.75, 3.05) is 0 Å². The summed E-state index contributed by atoms with van der Waals surface area (Å²) < 4.78 is 0. The largest absolute Gasteiger partial charge is 1.00 e. The lowest BCUT2D eigenvalue weighted by molar-refractivity contribution is -0.503. The molecule has 1 atom stereocenters. The second kappa shape index (κ2) is 8.83. The van der Waals surface area contributed by atoms with Crippen molar-refractivity contribution in [3.63, 3.8) is 0 Å². The predicted molar refractivity (Wildman–Crippen MR) is 102 cm³/mol. The summed E-state index contributed by atoms with van der Waals surface area (Å²) in [6.45, 7) is 6.42. The van der Waals surface area contributed by atoms with Gasteiger partial charge in [-0.25, -0.2) is 5.32 Å². The van der Waals surface area contributed by atoms with Crippen molar-refractivity contribution in [3.8, 4) is 0 Å². The van der Waals surface area contributed by atoms with Gasteiger partial charge >= 0.3 is 5.96 Å². The van der Waals surface area contributed by atoms with Gasteiger partial charge in [0.05, 0.1) is 16.6 Å². The minimum atomic E-state index is 0. The van der Waals surface area contributed by atoms with Gasteiger partial charge in [-0.2, -0.15) is 5.43 Å². The molecule has 2 heterocycles. The third-order valence-electron chi connectivity index (χ3n) is 3.95. The van der Waals surface area contributed by atoms with Gasteiger partial charge < -0.3 is 12.4 Å². The average molecular weight is 375 g/mol. The number of halogens is 1. The molecule has 3 rings (SSSR count). The molecule has 4 nitrogen and oxygen atoms in total. The molecule has 0 saturated carbocycles. The van der Waals surface area contributed by atoms with Crippen LogP contribution in [-0.2, 0) is 0 Å². The lowest BCUT2D eigenvalue weighted by atomic mass is 10.0. The highest BCUT2D eigenvalue weighted by atomic mass is 35.5. The summed E-state index contributed by atoms with van der Waals surface area (Å²) in [6.07, 6.45) is 2.25. The number of hydrogen-bond donors (Lipinski definition) is 3. The standard InChI is InChI=1S/C19H22N4S.ClH/c1-13(2)16-12-17(18-10-7-11-24-18)21-19(20-16)23-22-14(3)15-8-5-4-6-9-15;/h4-13,16H,1-3H3,(H2,20,21,23);1H/b22-14+;. The Labute approximate surface area is 159 Å². The smallest absolute Gasteiger partial charge is 0.372 e. The SMILES string of the molecule is C/C(=N\NC1=[NH+]C(C(C)C)C=C(c2cccs2)N1)c1ccccc1.[Cl-]. The number of hydrogen-bond acceptors (Lipinski definition) is 4.